The van der Waals surface area contributed by atoms with Crippen molar-refractivity contribution in [3.8, 4) is 5.75 Å². The van der Waals surface area contributed by atoms with E-state index in [-0.39, 0.29) is 24.6 Å². The van der Waals surface area contributed by atoms with Crippen molar-refractivity contribution in [1.82, 2.24) is 10.6 Å². The normalized spacial score (nSPS) is 21.8. The Balaban J connectivity index is 1.81. The van der Waals surface area contributed by atoms with Gasteiger partial charge >= 0.3 is 0 Å². The molecular formula is C22H23BrN2O5. The van der Waals surface area contributed by atoms with Crippen molar-refractivity contribution in [2.45, 2.75) is 38.0 Å². The monoisotopic (exact) mass is 474 g/mol. The summed E-state index contributed by atoms with van der Waals surface area (Å²) in [6.45, 7) is 3.28. The molecule has 2 aromatic carbocycles. The summed E-state index contributed by atoms with van der Waals surface area (Å²) in [7, 11) is 0. The zero-order valence-corrected chi connectivity index (χ0v) is 18.2. The first kappa shape index (κ1) is 22.0. The lowest BCUT2D eigenvalue weighted by Gasteiger charge is -2.30. The van der Waals surface area contributed by atoms with Gasteiger partial charge in [0.1, 0.15) is 23.9 Å². The van der Waals surface area contributed by atoms with Crippen molar-refractivity contribution >= 4 is 33.5 Å². The maximum Gasteiger partial charge on any atom is 0.251 e. The Bertz CT molecular complexity index is 945. The van der Waals surface area contributed by atoms with Crippen molar-refractivity contribution in [2.24, 2.45) is 0 Å². The molecule has 1 heterocycles. The van der Waals surface area contributed by atoms with Crippen LogP contribution in [-0.2, 0) is 20.7 Å². The summed E-state index contributed by atoms with van der Waals surface area (Å²) in [5, 5.41) is 15.0. The molecule has 1 aliphatic heterocycles. The van der Waals surface area contributed by atoms with Crippen molar-refractivity contribution < 1.29 is 24.2 Å². The highest BCUT2D eigenvalue weighted by molar-refractivity contribution is 9.10. The molecule has 3 atom stereocenters. The Hall–Kier alpha value is -2.71. The Morgan fingerprint density at radius 3 is 2.40 bits per heavy atom. The number of hydrogen-bond acceptors (Lipinski definition) is 5. The Labute approximate surface area is 182 Å². The van der Waals surface area contributed by atoms with E-state index in [1.165, 1.54) is 12.1 Å². The van der Waals surface area contributed by atoms with Crippen molar-refractivity contribution in [3.05, 3.63) is 64.1 Å². The van der Waals surface area contributed by atoms with Gasteiger partial charge < -0.3 is 20.5 Å². The highest BCUT2D eigenvalue weighted by atomic mass is 79.9. The van der Waals surface area contributed by atoms with Crippen molar-refractivity contribution in [1.29, 1.82) is 0 Å². The van der Waals surface area contributed by atoms with Crippen LogP contribution in [0.3, 0.4) is 0 Å². The van der Waals surface area contributed by atoms with Crippen LogP contribution in [0.25, 0.3) is 0 Å². The number of carbonyl (C=O) groups is 3. The molecule has 3 unspecified atom stereocenters. The van der Waals surface area contributed by atoms with Gasteiger partial charge in [-0.25, -0.2) is 0 Å². The largest absolute Gasteiger partial charge is 0.508 e. The Morgan fingerprint density at radius 1 is 1.20 bits per heavy atom. The van der Waals surface area contributed by atoms with Gasteiger partial charge in [0.05, 0.1) is 6.10 Å². The second-order valence-corrected chi connectivity index (χ2v) is 8.39. The third kappa shape index (κ3) is 4.88. The first-order valence-electron chi connectivity index (χ1n) is 9.50. The Kier molecular flexibility index (Phi) is 6.58. The molecule has 1 aliphatic rings. The van der Waals surface area contributed by atoms with E-state index in [0.717, 1.165) is 10.0 Å². The fourth-order valence-electron chi connectivity index (χ4n) is 3.18. The standard InChI is InChI=1S/C22H23BrN2O5/c1-13-22(2,19(27)12-30-13)25-21(29)18(11-14-3-9-17(26)10-4-14)24-20(28)15-5-7-16(23)8-6-15/h3-10,13,18,26H,11-12H2,1-2H3,(H,24,28)(H,25,29). The highest BCUT2D eigenvalue weighted by Crippen LogP contribution is 2.22. The van der Waals surface area contributed by atoms with Gasteiger partial charge in [-0.15, -0.1) is 0 Å². The van der Waals surface area contributed by atoms with Gasteiger partial charge in [-0.05, 0) is 55.8 Å². The van der Waals surface area contributed by atoms with Crippen LogP contribution < -0.4 is 10.6 Å². The highest BCUT2D eigenvalue weighted by Gasteiger charge is 2.47. The van der Waals surface area contributed by atoms with Gasteiger partial charge in [-0.2, -0.15) is 0 Å². The molecule has 1 fully saturated rings. The van der Waals surface area contributed by atoms with E-state index in [1.54, 1.807) is 50.2 Å². The quantitative estimate of drug-likeness (QED) is 0.595. The molecule has 2 aromatic rings. The molecule has 0 bridgehead atoms. The SMILES string of the molecule is CC1OCC(=O)C1(C)NC(=O)C(Cc1ccc(O)cc1)NC(=O)c1ccc(Br)cc1. The number of Topliss-reactive ketones (excluding diaryl/α,β-unsaturated/α-hetero) is 1. The number of ether oxygens (including phenoxy) is 1. The predicted octanol–water partition coefficient (Wildman–Crippen LogP) is 2.36. The summed E-state index contributed by atoms with van der Waals surface area (Å²) < 4.78 is 6.20. The number of amides is 2. The van der Waals surface area contributed by atoms with Crippen LogP contribution in [0.4, 0.5) is 0 Å². The number of aromatic hydroxyl groups is 1. The van der Waals surface area contributed by atoms with Crippen LogP contribution >= 0.6 is 15.9 Å². The smallest absolute Gasteiger partial charge is 0.251 e. The van der Waals surface area contributed by atoms with Crippen LogP contribution in [0, 0.1) is 0 Å². The van der Waals surface area contributed by atoms with Crippen molar-refractivity contribution in [3.63, 3.8) is 0 Å². The lowest BCUT2D eigenvalue weighted by atomic mass is 9.92. The second kappa shape index (κ2) is 8.97. The number of rotatable bonds is 6. The minimum absolute atomic E-state index is 0.0637. The third-order valence-electron chi connectivity index (χ3n) is 5.34. The lowest BCUT2D eigenvalue weighted by molar-refractivity contribution is -0.130. The molecule has 0 aromatic heterocycles. The fraction of sp³-hybridized carbons (Fsp3) is 0.318. The number of hydrogen-bond donors (Lipinski definition) is 3. The second-order valence-electron chi connectivity index (χ2n) is 7.47. The number of phenols is 1. The number of carbonyl (C=O) groups excluding carboxylic acids is 3. The zero-order chi connectivity index (χ0) is 21.9. The maximum atomic E-state index is 13.1. The van der Waals surface area contributed by atoms with Crippen LogP contribution in [0.2, 0.25) is 0 Å². The minimum Gasteiger partial charge on any atom is -0.508 e. The Morgan fingerprint density at radius 2 is 1.83 bits per heavy atom. The minimum atomic E-state index is -1.16. The first-order chi connectivity index (χ1) is 14.2. The maximum absolute atomic E-state index is 13.1. The van der Waals surface area contributed by atoms with E-state index in [0.29, 0.717) is 5.56 Å². The zero-order valence-electron chi connectivity index (χ0n) is 16.6. The molecule has 0 radical (unpaired) electrons. The van der Waals surface area contributed by atoms with Crippen molar-refractivity contribution in [2.75, 3.05) is 6.61 Å². The molecule has 158 valence electrons. The van der Waals surface area contributed by atoms with Gasteiger partial charge in [0.25, 0.3) is 5.91 Å². The average molecular weight is 475 g/mol. The molecule has 0 spiro atoms. The number of ketones is 1. The number of halogens is 1. The van der Waals surface area contributed by atoms with Crippen LogP contribution in [0.1, 0.15) is 29.8 Å². The van der Waals surface area contributed by atoms with Gasteiger partial charge in [0.2, 0.25) is 5.91 Å². The van der Waals surface area contributed by atoms with Gasteiger partial charge in [0.15, 0.2) is 5.78 Å². The van der Waals surface area contributed by atoms with Gasteiger partial charge in [-0.1, -0.05) is 28.1 Å². The molecule has 30 heavy (non-hydrogen) atoms. The fourth-order valence-corrected chi connectivity index (χ4v) is 3.44. The number of phenolic OH excluding ortho intramolecular Hbond substituents is 1. The predicted molar refractivity (Wildman–Crippen MR) is 114 cm³/mol. The molecule has 3 rings (SSSR count). The van der Waals surface area contributed by atoms with Crippen LogP contribution in [0.15, 0.2) is 53.0 Å². The van der Waals surface area contributed by atoms with E-state index in [9.17, 15) is 19.5 Å². The van der Waals surface area contributed by atoms with Crippen LogP contribution in [0.5, 0.6) is 5.75 Å². The summed E-state index contributed by atoms with van der Waals surface area (Å²) in [6.07, 6.45) is -0.293. The van der Waals surface area contributed by atoms with E-state index in [4.69, 9.17) is 4.74 Å². The van der Waals surface area contributed by atoms with Gasteiger partial charge in [0, 0.05) is 16.5 Å². The molecule has 0 saturated carbocycles. The number of benzene rings is 2. The topological polar surface area (TPSA) is 105 Å². The summed E-state index contributed by atoms with van der Waals surface area (Å²) in [5.74, 6) is -1.00. The lowest BCUT2D eigenvalue weighted by Crippen LogP contribution is -2.60. The van der Waals surface area contributed by atoms with E-state index in [2.05, 4.69) is 26.6 Å². The average Bonchev–Trinajstić information content (AvgIpc) is 2.96. The molecule has 3 N–H and O–H groups in total. The summed E-state index contributed by atoms with van der Waals surface area (Å²) in [6, 6.07) is 12.2. The first-order valence-corrected chi connectivity index (χ1v) is 10.3. The molecule has 7 nitrogen and oxygen atoms in total. The van der Waals surface area contributed by atoms with E-state index in [1.807, 2.05) is 0 Å². The number of nitrogens with one attached hydrogen (secondary N) is 2. The van der Waals surface area contributed by atoms with E-state index >= 15 is 0 Å². The summed E-state index contributed by atoms with van der Waals surface area (Å²) in [4.78, 5) is 38.1. The molecule has 2 amide bonds. The third-order valence-corrected chi connectivity index (χ3v) is 5.87. The molecular weight excluding hydrogens is 452 g/mol. The van der Waals surface area contributed by atoms with Gasteiger partial charge in [-0.3, -0.25) is 14.4 Å². The van der Waals surface area contributed by atoms with E-state index < -0.39 is 29.5 Å². The molecule has 8 heteroatoms. The molecule has 0 aliphatic carbocycles. The summed E-state index contributed by atoms with van der Waals surface area (Å²) >= 11 is 3.32. The van der Waals surface area contributed by atoms with Crippen LogP contribution in [-0.4, -0.2) is 47.0 Å². The summed E-state index contributed by atoms with van der Waals surface area (Å²) in [5.41, 5.74) is -0.00933. The molecule has 1 saturated heterocycles.